The highest BCUT2D eigenvalue weighted by Crippen LogP contribution is 2.30. The monoisotopic (exact) mass is 584 g/mol. The number of hydrogen-bond donors (Lipinski definition) is 3. The Hall–Kier alpha value is -4.57. The Kier molecular flexibility index (Phi) is 8.08. The third-order valence-corrected chi connectivity index (χ3v) is 8.73. The molecule has 2 aromatic carbocycles. The molecule has 1 fully saturated rings. The zero-order valence-corrected chi connectivity index (χ0v) is 24.4. The fourth-order valence-electron chi connectivity index (χ4n) is 4.63. The molecule has 1 atom stereocenters. The summed E-state index contributed by atoms with van der Waals surface area (Å²) in [4.78, 5) is 49.9. The number of likely N-dealkylation sites (tertiary alicyclic amines) is 1. The number of thiophene rings is 1. The molecule has 1 aliphatic rings. The summed E-state index contributed by atoms with van der Waals surface area (Å²) in [5.74, 6) is -1.42. The van der Waals surface area contributed by atoms with Crippen LogP contribution in [0.5, 0.6) is 5.75 Å². The van der Waals surface area contributed by atoms with Crippen molar-refractivity contribution in [2.45, 2.75) is 38.6 Å². The summed E-state index contributed by atoms with van der Waals surface area (Å²) in [6.07, 6.45) is 3.69. The van der Waals surface area contributed by atoms with Gasteiger partial charge in [-0.25, -0.2) is 9.97 Å². The van der Waals surface area contributed by atoms with Crippen molar-refractivity contribution in [2.75, 3.05) is 13.1 Å². The van der Waals surface area contributed by atoms with Gasteiger partial charge in [0, 0.05) is 47.9 Å². The fourth-order valence-corrected chi connectivity index (χ4v) is 5.60. The summed E-state index contributed by atoms with van der Waals surface area (Å²) in [5.41, 5.74) is 3.24. The molecule has 2 aromatic heterocycles. The predicted molar refractivity (Wildman–Crippen MR) is 160 cm³/mol. The molecule has 216 valence electrons. The van der Waals surface area contributed by atoms with Gasteiger partial charge in [0.25, 0.3) is 5.91 Å². The first-order valence-electron chi connectivity index (χ1n) is 13.6. The molecule has 0 saturated carbocycles. The summed E-state index contributed by atoms with van der Waals surface area (Å²) >= 11 is 1.40. The smallest absolute Gasteiger partial charge is 0.310 e. The Bertz CT molecular complexity index is 1590. The molecule has 3 N–H and O–H groups in total. The van der Waals surface area contributed by atoms with Crippen molar-refractivity contribution in [1.82, 2.24) is 20.2 Å². The maximum Gasteiger partial charge on any atom is 0.310 e. The van der Waals surface area contributed by atoms with Crippen LogP contribution in [-0.4, -0.2) is 62.0 Å². The molecule has 1 saturated heterocycles. The highest BCUT2D eigenvalue weighted by molar-refractivity contribution is 7.14. The van der Waals surface area contributed by atoms with Gasteiger partial charge in [0.15, 0.2) is 5.82 Å². The fraction of sp³-hybridized carbons (Fsp3) is 0.281. The van der Waals surface area contributed by atoms with Crippen molar-refractivity contribution in [3.8, 4) is 28.3 Å². The zero-order chi connectivity index (χ0) is 30.0. The molecular weight excluding hydrogens is 552 g/mol. The summed E-state index contributed by atoms with van der Waals surface area (Å²) in [6, 6.07) is 17.1. The molecule has 1 aliphatic heterocycles. The number of aromatic nitrogens is 2. The minimum atomic E-state index is -0.929. The van der Waals surface area contributed by atoms with Crippen molar-refractivity contribution in [2.24, 2.45) is 5.92 Å². The third-order valence-electron chi connectivity index (χ3n) is 7.22. The van der Waals surface area contributed by atoms with Crippen LogP contribution < -0.4 is 5.32 Å². The number of aromatic hydroxyl groups is 1. The minimum Gasteiger partial charge on any atom is -0.508 e. The van der Waals surface area contributed by atoms with Crippen molar-refractivity contribution < 1.29 is 24.6 Å². The molecule has 10 heteroatoms. The lowest BCUT2D eigenvalue weighted by molar-refractivity contribution is -0.153. The lowest BCUT2D eigenvalue weighted by atomic mass is 9.95. The summed E-state index contributed by atoms with van der Waals surface area (Å²) in [6.45, 7) is 6.49. The largest absolute Gasteiger partial charge is 0.508 e. The molecule has 5 rings (SSSR count). The second-order valence-corrected chi connectivity index (χ2v) is 12.5. The van der Waals surface area contributed by atoms with E-state index in [1.54, 1.807) is 42.7 Å². The topological polar surface area (TPSA) is 133 Å². The van der Waals surface area contributed by atoms with Crippen molar-refractivity contribution in [3.05, 3.63) is 88.4 Å². The van der Waals surface area contributed by atoms with Gasteiger partial charge in [-0.2, -0.15) is 0 Å². The number of rotatable bonds is 8. The van der Waals surface area contributed by atoms with Gasteiger partial charge in [-0.1, -0.05) is 57.2 Å². The normalized spacial score (nSPS) is 14.2. The van der Waals surface area contributed by atoms with Crippen LogP contribution in [0.3, 0.4) is 0 Å². The zero-order valence-electron chi connectivity index (χ0n) is 23.6. The summed E-state index contributed by atoms with van der Waals surface area (Å²) < 4.78 is 0. The van der Waals surface area contributed by atoms with Crippen LogP contribution in [0.4, 0.5) is 0 Å². The number of carbonyl (C=O) groups is 3. The maximum absolute atomic E-state index is 13.4. The number of carboxylic acids is 1. The van der Waals surface area contributed by atoms with Crippen molar-refractivity contribution >= 4 is 29.1 Å². The molecule has 0 spiro atoms. The van der Waals surface area contributed by atoms with Gasteiger partial charge in [0.1, 0.15) is 11.8 Å². The lowest BCUT2D eigenvalue weighted by Gasteiger charge is -2.38. The van der Waals surface area contributed by atoms with E-state index in [1.165, 1.54) is 16.2 Å². The molecule has 0 radical (unpaired) electrons. The van der Waals surface area contributed by atoms with Crippen LogP contribution in [-0.2, 0) is 21.4 Å². The Morgan fingerprint density at radius 3 is 2.12 bits per heavy atom. The maximum atomic E-state index is 13.4. The number of benzene rings is 2. The van der Waals surface area contributed by atoms with E-state index >= 15 is 0 Å². The predicted octanol–water partition coefficient (Wildman–Crippen LogP) is 4.76. The Labute approximate surface area is 247 Å². The van der Waals surface area contributed by atoms with E-state index in [4.69, 9.17) is 0 Å². The number of phenolic OH excluding ortho intramolecular Hbond substituents is 1. The Balaban J connectivity index is 1.30. The quantitative estimate of drug-likeness (QED) is 0.272. The first kappa shape index (κ1) is 28.9. The van der Waals surface area contributed by atoms with Crippen LogP contribution in [0.15, 0.2) is 73.1 Å². The molecule has 0 aliphatic carbocycles. The lowest BCUT2D eigenvalue weighted by Crippen LogP contribution is -2.59. The van der Waals surface area contributed by atoms with Gasteiger partial charge in [0.05, 0.1) is 10.8 Å². The van der Waals surface area contributed by atoms with E-state index in [1.807, 2.05) is 30.3 Å². The average molecular weight is 585 g/mol. The number of nitrogens with zero attached hydrogens (tertiary/aromatic N) is 3. The van der Waals surface area contributed by atoms with E-state index in [0.717, 1.165) is 27.1 Å². The van der Waals surface area contributed by atoms with E-state index in [9.17, 15) is 24.6 Å². The number of carbonyl (C=O) groups excluding carboxylic acids is 2. The second-order valence-electron chi connectivity index (χ2n) is 11.5. The number of nitrogens with one attached hydrogen (secondary N) is 1. The first-order valence-corrected chi connectivity index (χ1v) is 14.4. The molecule has 3 heterocycles. The Morgan fingerprint density at radius 1 is 0.929 bits per heavy atom. The molecule has 4 aromatic rings. The molecule has 0 bridgehead atoms. The average Bonchev–Trinajstić information content (AvgIpc) is 3.44. The number of hydrogen-bond acceptors (Lipinski definition) is 7. The number of carboxylic acid groups (broad SMARTS) is 1. The highest BCUT2D eigenvalue weighted by Gasteiger charge is 2.39. The SMILES string of the molecule is CC(C)(C)c1ccc(C(=O)NC(Cc2ccc(-c3ncc(-c4ccc(O)cc4)cn3)cc2)C(=O)N2CC(C(=O)O)C2)s1. The van der Waals surface area contributed by atoms with Crippen LogP contribution in [0.1, 0.15) is 40.9 Å². The summed E-state index contributed by atoms with van der Waals surface area (Å²) in [7, 11) is 0. The molecule has 1 unspecified atom stereocenters. The molecule has 42 heavy (non-hydrogen) atoms. The van der Waals surface area contributed by atoms with Crippen LogP contribution in [0.2, 0.25) is 0 Å². The molecular formula is C32H32N4O5S. The van der Waals surface area contributed by atoms with E-state index in [0.29, 0.717) is 10.7 Å². The van der Waals surface area contributed by atoms with Gasteiger partial charge in [-0.05, 0) is 40.8 Å². The number of phenols is 1. The van der Waals surface area contributed by atoms with Gasteiger partial charge in [-0.15, -0.1) is 11.3 Å². The number of aliphatic carboxylic acids is 1. The van der Waals surface area contributed by atoms with E-state index in [-0.39, 0.29) is 42.5 Å². The van der Waals surface area contributed by atoms with Crippen LogP contribution in [0.25, 0.3) is 22.5 Å². The van der Waals surface area contributed by atoms with Gasteiger partial charge in [0.2, 0.25) is 5.91 Å². The van der Waals surface area contributed by atoms with Gasteiger partial charge in [-0.3, -0.25) is 14.4 Å². The molecule has 2 amide bonds. The van der Waals surface area contributed by atoms with Gasteiger partial charge >= 0.3 is 5.97 Å². The highest BCUT2D eigenvalue weighted by atomic mass is 32.1. The number of amides is 2. The summed E-state index contributed by atoms with van der Waals surface area (Å²) in [5, 5.41) is 21.7. The first-order chi connectivity index (χ1) is 20.0. The Morgan fingerprint density at radius 2 is 1.55 bits per heavy atom. The van der Waals surface area contributed by atoms with Crippen LogP contribution >= 0.6 is 11.3 Å². The van der Waals surface area contributed by atoms with Crippen molar-refractivity contribution in [3.63, 3.8) is 0 Å². The van der Waals surface area contributed by atoms with Crippen molar-refractivity contribution in [1.29, 1.82) is 0 Å². The third kappa shape index (κ3) is 6.49. The van der Waals surface area contributed by atoms with Crippen LogP contribution in [0, 0.1) is 5.92 Å². The van der Waals surface area contributed by atoms with E-state index < -0.39 is 17.9 Å². The second kappa shape index (κ2) is 11.7. The van der Waals surface area contributed by atoms with Gasteiger partial charge < -0.3 is 20.4 Å². The standard InChI is InChI=1S/C32H32N4O5S/c1-32(2,3)27-13-12-26(42-27)29(38)35-25(30(39)36-17-23(18-36)31(40)41)14-19-4-6-21(7-5-19)28-33-15-22(16-34-28)20-8-10-24(37)11-9-20/h4-13,15-16,23,25,37H,14,17-18H2,1-3H3,(H,35,38)(H,40,41). The minimum absolute atomic E-state index is 0.0980. The molecule has 9 nitrogen and oxygen atoms in total. The van der Waals surface area contributed by atoms with E-state index in [2.05, 4.69) is 36.1 Å².